The van der Waals surface area contributed by atoms with Gasteiger partial charge in [0.25, 0.3) is 0 Å². The third-order valence-electron chi connectivity index (χ3n) is 4.01. The van der Waals surface area contributed by atoms with Gasteiger partial charge in [0.05, 0.1) is 24.6 Å². The number of nitrogens with zero attached hydrogens (tertiary/aromatic N) is 2. The van der Waals surface area contributed by atoms with Crippen LogP contribution in [0.1, 0.15) is 16.8 Å². The lowest BCUT2D eigenvalue weighted by Crippen LogP contribution is -2.19. The van der Waals surface area contributed by atoms with Gasteiger partial charge in [-0.05, 0) is 55.3 Å². The van der Waals surface area contributed by atoms with Gasteiger partial charge < -0.3 is 4.74 Å². The predicted molar refractivity (Wildman–Crippen MR) is 111 cm³/mol. The van der Waals surface area contributed by atoms with Crippen LogP contribution in [0.3, 0.4) is 0 Å². The first kappa shape index (κ1) is 18.9. The number of hydrogen-bond donors (Lipinski definition) is 1. The number of aromatic nitrogens is 1. The van der Waals surface area contributed by atoms with Crippen molar-refractivity contribution >= 4 is 34.8 Å². The number of rotatable bonds is 6. The van der Waals surface area contributed by atoms with Gasteiger partial charge >= 0.3 is 0 Å². The van der Waals surface area contributed by atoms with Crippen molar-refractivity contribution in [2.75, 3.05) is 12.9 Å². The number of amides is 1. The summed E-state index contributed by atoms with van der Waals surface area (Å²) in [6.45, 7) is 4.01. The summed E-state index contributed by atoms with van der Waals surface area (Å²) < 4.78 is 5.11. The van der Waals surface area contributed by atoms with Gasteiger partial charge in [-0.25, -0.2) is 5.43 Å². The van der Waals surface area contributed by atoms with E-state index in [1.165, 1.54) is 11.8 Å². The van der Waals surface area contributed by atoms with Gasteiger partial charge in [-0.2, -0.15) is 5.10 Å². The molecule has 0 atom stereocenters. The van der Waals surface area contributed by atoms with Gasteiger partial charge in [-0.3, -0.25) is 9.78 Å². The summed E-state index contributed by atoms with van der Waals surface area (Å²) in [6, 6.07) is 15.5. The van der Waals surface area contributed by atoms with Gasteiger partial charge in [-0.15, -0.1) is 11.8 Å². The zero-order chi connectivity index (χ0) is 19.2. The minimum atomic E-state index is -0.153. The number of para-hydroxylation sites is 1. The van der Waals surface area contributed by atoms with Crippen LogP contribution >= 0.6 is 11.8 Å². The monoisotopic (exact) mass is 379 g/mol. The molecule has 1 N–H and O–H groups in total. The van der Waals surface area contributed by atoms with Gasteiger partial charge in [0.15, 0.2) is 0 Å². The summed E-state index contributed by atoms with van der Waals surface area (Å²) in [6.07, 6.45) is 1.61. The van der Waals surface area contributed by atoms with Crippen molar-refractivity contribution < 1.29 is 9.53 Å². The van der Waals surface area contributed by atoms with E-state index in [9.17, 15) is 4.79 Å². The number of carbonyl (C=O) groups excluding carboxylic acids is 1. The number of hydrazone groups is 1. The van der Waals surface area contributed by atoms with Crippen molar-refractivity contribution in [3.05, 3.63) is 65.4 Å². The van der Waals surface area contributed by atoms with Crippen LogP contribution in [0.4, 0.5) is 0 Å². The first-order valence-electron chi connectivity index (χ1n) is 8.52. The molecular weight excluding hydrogens is 358 g/mol. The van der Waals surface area contributed by atoms with Gasteiger partial charge in [0, 0.05) is 16.0 Å². The lowest BCUT2D eigenvalue weighted by atomic mass is 10.1. The first-order chi connectivity index (χ1) is 13.1. The second-order valence-electron chi connectivity index (χ2n) is 6.09. The molecule has 6 heteroatoms. The minimum absolute atomic E-state index is 0.153. The first-order valence-corrected chi connectivity index (χ1v) is 9.51. The van der Waals surface area contributed by atoms with E-state index in [1.54, 1.807) is 13.3 Å². The van der Waals surface area contributed by atoms with Crippen LogP contribution in [0, 0.1) is 13.8 Å². The smallest absolute Gasteiger partial charge is 0.250 e. The number of aryl methyl sites for hydroxylation is 2. The largest absolute Gasteiger partial charge is 0.497 e. The Morgan fingerprint density at radius 2 is 2.00 bits per heavy atom. The number of nitrogens with one attached hydrogen (secondary N) is 1. The van der Waals surface area contributed by atoms with E-state index in [2.05, 4.69) is 15.5 Å². The summed E-state index contributed by atoms with van der Waals surface area (Å²) in [7, 11) is 1.62. The van der Waals surface area contributed by atoms with E-state index in [0.717, 1.165) is 38.4 Å². The molecule has 0 saturated heterocycles. The summed E-state index contributed by atoms with van der Waals surface area (Å²) in [5, 5.41) is 5.08. The Bertz CT molecular complexity index is 985. The molecule has 0 aliphatic rings. The number of pyridine rings is 1. The standard InChI is InChI=1S/C21H21N3O2S/c1-14-5-4-6-18-19(11-15(2)23-21(14)18)27-13-20(25)24-22-12-16-7-9-17(26-3)10-8-16/h4-12H,13H2,1-3H3,(H,24,25). The molecule has 2 aromatic carbocycles. The van der Waals surface area contributed by atoms with Gasteiger partial charge in [-0.1, -0.05) is 18.2 Å². The van der Waals surface area contributed by atoms with E-state index < -0.39 is 0 Å². The van der Waals surface area contributed by atoms with E-state index in [4.69, 9.17) is 4.74 Å². The zero-order valence-electron chi connectivity index (χ0n) is 15.5. The lowest BCUT2D eigenvalue weighted by Gasteiger charge is -2.09. The number of fused-ring (bicyclic) bond motifs is 1. The molecule has 0 saturated carbocycles. The highest BCUT2D eigenvalue weighted by molar-refractivity contribution is 8.00. The van der Waals surface area contributed by atoms with Crippen molar-refractivity contribution in [2.24, 2.45) is 5.10 Å². The molecule has 0 spiro atoms. The Morgan fingerprint density at radius 3 is 2.74 bits per heavy atom. The fourth-order valence-electron chi connectivity index (χ4n) is 2.65. The fourth-order valence-corrected chi connectivity index (χ4v) is 3.57. The Labute approximate surface area is 162 Å². The maximum absolute atomic E-state index is 12.1. The Kier molecular flexibility index (Phi) is 6.08. The summed E-state index contributed by atoms with van der Waals surface area (Å²) >= 11 is 1.49. The summed E-state index contributed by atoms with van der Waals surface area (Å²) in [5.74, 6) is 0.912. The Hall–Kier alpha value is -2.86. The molecule has 138 valence electrons. The number of carbonyl (C=O) groups is 1. The van der Waals surface area contributed by atoms with E-state index >= 15 is 0 Å². The van der Waals surface area contributed by atoms with Crippen LogP contribution in [0.25, 0.3) is 10.9 Å². The van der Waals surface area contributed by atoms with Crippen LogP contribution in [0.15, 0.2) is 58.5 Å². The highest BCUT2D eigenvalue weighted by Crippen LogP contribution is 2.29. The van der Waals surface area contributed by atoms with Crippen molar-refractivity contribution in [3.63, 3.8) is 0 Å². The molecule has 0 unspecified atom stereocenters. The molecule has 1 heterocycles. The fraction of sp³-hybridized carbons (Fsp3) is 0.190. The number of hydrogen-bond acceptors (Lipinski definition) is 5. The van der Waals surface area contributed by atoms with Crippen LogP contribution in [0.5, 0.6) is 5.75 Å². The molecule has 27 heavy (non-hydrogen) atoms. The SMILES string of the molecule is COc1ccc(C=NNC(=O)CSc2cc(C)nc3c(C)cccc23)cc1. The molecule has 3 rings (SSSR count). The van der Waals surface area contributed by atoms with Crippen molar-refractivity contribution in [2.45, 2.75) is 18.7 Å². The molecule has 0 bridgehead atoms. The van der Waals surface area contributed by atoms with E-state index in [-0.39, 0.29) is 11.7 Å². The van der Waals surface area contributed by atoms with E-state index in [1.807, 2.05) is 62.4 Å². The summed E-state index contributed by atoms with van der Waals surface area (Å²) in [5.41, 5.74) is 6.51. The molecular formula is C21H21N3O2S. The third kappa shape index (κ3) is 4.86. The minimum Gasteiger partial charge on any atom is -0.497 e. The van der Waals surface area contributed by atoms with Crippen molar-refractivity contribution in [3.8, 4) is 5.75 Å². The van der Waals surface area contributed by atoms with E-state index in [0.29, 0.717) is 0 Å². The predicted octanol–water partition coefficient (Wildman–Crippen LogP) is 4.10. The molecule has 3 aromatic rings. The average Bonchev–Trinajstić information content (AvgIpc) is 2.67. The van der Waals surface area contributed by atoms with Crippen LogP contribution < -0.4 is 10.2 Å². The zero-order valence-corrected chi connectivity index (χ0v) is 16.3. The molecule has 0 aliphatic heterocycles. The topological polar surface area (TPSA) is 63.6 Å². The highest BCUT2D eigenvalue weighted by Gasteiger charge is 2.09. The molecule has 1 aromatic heterocycles. The number of thioether (sulfide) groups is 1. The van der Waals surface area contributed by atoms with Crippen LogP contribution in [-0.4, -0.2) is 30.0 Å². The van der Waals surface area contributed by atoms with Crippen molar-refractivity contribution in [1.29, 1.82) is 0 Å². The molecule has 0 aliphatic carbocycles. The van der Waals surface area contributed by atoms with Crippen LogP contribution in [-0.2, 0) is 4.79 Å². The normalized spacial score (nSPS) is 11.1. The Morgan fingerprint density at radius 1 is 1.22 bits per heavy atom. The van der Waals surface area contributed by atoms with Crippen LogP contribution in [0.2, 0.25) is 0 Å². The number of methoxy groups -OCH3 is 1. The number of benzene rings is 2. The molecule has 0 fully saturated rings. The second-order valence-corrected chi connectivity index (χ2v) is 7.11. The third-order valence-corrected chi connectivity index (χ3v) is 5.06. The number of ether oxygens (including phenoxy) is 1. The maximum atomic E-state index is 12.1. The van der Waals surface area contributed by atoms with Gasteiger partial charge in [0.1, 0.15) is 5.75 Å². The molecule has 0 radical (unpaired) electrons. The highest BCUT2D eigenvalue weighted by atomic mass is 32.2. The average molecular weight is 379 g/mol. The van der Waals surface area contributed by atoms with Crippen molar-refractivity contribution in [1.82, 2.24) is 10.4 Å². The molecule has 5 nitrogen and oxygen atoms in total. The maximum Gasteiger partial charge on any atom is 0.250 e. The quantitative estimate of drug-likeness (QED) is 0.398. The second kappa shape index (κ2) is 8.68. The lowest BCUT2D eigenvalue weighted by molar-refractivity contribution is -0.118. The molecule has 1 amide bonds. The van der Waals surface area contributed by atoms with Gasteiger partial charge in [0.2, 0.25) is 5.91 Å². The summed E-state index contributed by atoms with van der Waals surface area (Å²) in [4.78, 5) is 17.8. The Balaban J connectivity index is 1.61.